The van der Waals surface area contributed by atoms with Gasteiger partial charge < -0.3 is 4.52 Å². The van der Waals surface area contributed by atoms with Crippen LogP contribution in [0.5, 0.6) is 0 Å². The third-order valence-corrected chi connectivity index (χ3v) is 5.91. The van der Waals surface area contributed by atoms with Crippen molar-refractivity contribution in [1.82, 2.24) is 0 Å². The van der Waals surface area contributed by atoms with E-state index in [2.05, 4.69) is 0 Å². The summed E-state index contributed by atoms with van der Waals surface area (Å²) in [5, 5.41) is 0.155. The number of alkyl halides is 3. The van der Waals surface area contributed by atoms with E-state index in [4.69, 9.17) is 4.52 Å². The molecule has 1 saturated carbocycles. The molecule has 20 heavy (non-hydrogen) atoms. The Morgan fingerprint density at radius 1 is 1.10 bits per heavy atom. The molecule has 0 amide bonds. The molecule has 0 heterocycles. The van der Waals surface area contributed by atoms with Crippen LogP contribution in [0.1, 0.15) is 32.1 Å². The number of hydrogen-bond donors (Lipinski definition) is 0. The molecule has 2 rings (SSSR count). The molecule has 1 aromatic carbocycles. The minimum atomic E-state index is -4.50. The van der Waals surface area contributed by atoms with Crippen LogP contribution in [-0.4, -0.2) is 18.4 Å². The molecule has 0 bridgehead atoms. The average Bonchev–Trinajstić information content (AvgIpc) is 2.39. The summed E-state index contributed by atoms with van der Waals surface area (Å²) in [6.07, 6.45) is -1.92. The predicted octanol–water partition coefficient (Wildman–Crippen LogP) is 4.50. The van der Waals surface area contributed by atoms with Crippen molar-refractivity contribution in [1.29, 1.82) is 0 Å². The molecule has 0 N–H and O–H groups in total. The first-order valence-corrected chi connectivity index (χ1v) is 8.60. The zero-order valence-electron chi connectivity index (χ0n) is 11.1. The summed E-state index contributed by atoms with van der Waals surface area (Å²) in [4.78, 5) is 0. The zero-order valence-corrected chi connectivity index (χ0v) is 12.0. The Hall–Kier alpha value is -0.800. The fourth-order valence-electron chi connectivity index (χ4n) is 2.49. The highest BCUT2D eigenvalue weighted by Crippen LogP contribution is 2.52. The first-order valence-electron chi connectivity index (χ1n) is 6.79. The van der Waals surface area contributed by atoms with Crippen molar-refractivity contribution in [3.8, 4) is 0 Å². The van der Waals surface area contributed by atoms with Gasteiger partial charge >= 0.3 is 6.18 Å². The smallest absolute Gasteiger partial charge is 0.322 e. The molecular formula is C14H18F3O2P. The highest BCUT2D eigenvalue weighted by Gasteiger charge is 2.42. The highest BCUT2D eigenvalue weighted by atomic mass is 31.2. The first kappa shape index (κ1) is 15.6. The first-order chi connectivity index (χ1) is 9.39. The summed E-state index contributed by atoms with van der Waals surface area (Å²) < 4.78 is 56.4. The van der Waals surface area contributed by atoms with E-state index in [1.807, 2.05) is 0 Å². The maximum absolute atomic E-state index is 12.8. The van der Waals surface area contributed by atoms with Crippen LogP contribution >= 0.6 is 7.37 Å². The molecule has 1 fully saturated rings. The SMILES string of the molecule is O=P(CC(F)(F)F)(OC1CCCCC1)c1ccccc1. The molecule has 0 radical (unpaired) electrons. The van der Waals surface area contributed by atoms with E-state index in [-0.39, 0.29) is 11.4 Å². The van der Waals surface area contributed by atoms with Crippen LogP contribution in [0.3, 0.4) is 0 Å². The molecule has 112 valence electrons. The van der Waals surface area contributed by atoms with Crippen LogP contribution in [0.25, 0.3) is 0 Å². The molecule has 0 aromatic heterocycles. The summed E-state index contributed by atoms with van der Waals surface area (Å²) in [5.41, 5.74) is 0. The maximum atomic E-state index is 12.8. The Labute approximate surface area is 116 Å². The molecule has 1 unspecified atom stereocenters. The maximum Gasteiger partial charge on any atom is 0.398 e. The summed E-state index contributed by atoms with van der Waals surface area (Å²) in [5.74, 6) is 0. The lowest BCUT2D eigenvalue weighted by molar-refractivity contribution is -0.108. The molecule has 2 nitrogen and oxygen atoms in total. The van der Waals surface area contributed by atoms with Gasteiger partial charge in [0.2, 0.25) is 7.37 Å². The largest absolute Gasteiger partial charge is 0.398 e. The summed E-state index contributed by atoms with van der Waals surface area (Å²) in [6, 6.07) is 7.76. The van der Waals surface area contributed by atoms with Gasteiger partial charge in [0, 0.05) is 5.30 Å². The Morgan fingerprint density at radius 3 is 2.25 bits per heavy atom. The van der Waals surface area contributed by atoms with Crippen molar-refractivity contribution in [3.05, 3.63) is 30.3 Å². The van der Waals surface area contributed by atoms with Gasteiger partial charge in [-0.2, -0.15) is 13.2 Å². The Balaban J connectivity index is 2.21. The van der Waals surface area contributed by atoms with E-state index in [9.17, 15) is 17.7 Å². The number of hydrogen-bond acceptors (Lipinski definition) is 2. The van der Waals surface area contributed by atoms with Crippen molar-refractivity contribution < 1.29 is 22.3 Å². The van der Waals surface area contributed by atoms with Crippen LogP contribution in [0.4, 0.5) is 13.2 Å². The van der Waals surface area contributed by atoms with Gasteiger partial charge in [0.25, 0.3) is 0 Å². The van der Waals surface area contributed by atoms with Gasteiger partial charge in [0.15, 0.2) is 0 Å². The molecule has 1 aromatic rings. The van der Waals surface area contributed by atoms with E-state index in [0.29, 0.717) is 12.8 Å². The van der Waals surface area contributed by atoms with E-state index < -0.39 is 19.7 Å². The lowest BCUT2D eigenvalue weighted by atomic mass is 9.98. The Morgan fingerprint density at radius 2 is 1.70 bits per heavy atom. The van der Waals surface area contributed by atoms with Gasteiger partial charge in [0.05, 0.1) is 6.10 Å². The second-order valence-electron chi connectivity index (χ2n) is 5.15. The van der Waals surface area contributed by atoms with Crippen LogP contribution in [0, 0.1) is 0 Å². The normalized spacial score (nSPS) is 20.6. The molecule has 0 saturated heterocycles. The van der Waals surface area contributed by atoms with Gasteiger partial charge in [0.1, 0.15) is 6.16 Å². The fourth-order valence-corrected chi connectivity index (χ4v) is 4.66. The van der Waals surface area contributed by atoms with Gasteiger partial charge in [-0.1, -0.05) is 37.5 Å². The molecule has 1 atom stereocenters. The van der Waals surface area contributed by atoms with Crippen molar-refractivity contribution >= 4 is 12.7 Å². The lowest BCUT2D eigenvalue weighted by Gasteiger charge is -2.28. The van der Waals surface area contributed by atoms with Crippen molar-refractivity contribution in [2.24, 2.45) is 0 Å². The van der Waals surface area contributed by atoms with Gasteiger partial charge in [-0.15, -0.1) is 0 Å². The van der Waals surface area contributed by atoms with Gasteiger partial charge in [-0.3, -0.25) is 4.57 Å². The topological polar surface area (TPSA) is 26.3 Å². The minimum absolute atomic E-state index is 0.155. The Kier molecular flexibility index (Phi) is 4.92. The molecule has 6 heteroatoms. The predicted molar refractivity (Wildman–Crippen MR) is 72.6 cm³/mol. The lowest BCUT2D eigenvalue weighted by Crippen LogP contribution is -2.25. The second-order valence-corrected chi connectivity index (χ2v) is 7.54. The van der Waals surface area contributed by atoms with Crippen LogP contribution in [-0.2, 0) is 9.09 Å². The summed E-state index contributed by atoms with van der Waals surface area (Å²) in [6.45, 7) is 0. The highest BCUT2D eigenvalue weighted by molar-refractivity contribution is 7.67. The minimum Gasteiger partial charge on any atom is -0.322 e. The van der Waals surface area contributed by atoms with Crippen molar-refractivity contribution in [3.63, 3.8) is 0 Å². The third-order valence-electron chi connectivity index (χ3n) is 3.41. The van der Waals surface area contributed by atoms with Gasteiger partial charge in [-0.05, 0) is 25.0 Å². The molecule has 0 aliphatic heterocycles. The van der Waals surface area contributed by atoms with Crippen LogP contribution in [0.2, 0.25) is 0 Å². The zero-order chi connectivity index (χ0) is 14.6. The van der Waals surface area contributed by atoms with E-state index >= 15 is 0 Å². The third kappa shape index (κ3) is 4.35. The molecule has 0 spiro atoms. The summed E-state index contributed by atoms with van der Waals surface area (Å²) in [7, 11) is -3.89. The van der Waals surface area contributed by atoms with Crippen molar-refractivity contribution in [2.45, 2.75) is 44.4 Å². The van der Waals surface area contributed by atoms with Crippen molar-refractivity contribution in [2.75, 3.05) is 6.16 Å². The molecule has 1 aliphatic rings. The molecule has 1 aliphatic carbocycles. The number of benzene rings is 1. The van der Waals surface area contributed by atoms with E-state index in [1.54, 1.807) is 18.2 Å². The van der Waals surface area contributed by atoms with Gasteiger partial charge in [-0.25, -0.2) is 0 Å². The number of halogens is 3. The van der Waals surface area contributed by atoms with Crippen LogP contribution < -0.4 is 5.30 Å². The Bertz CT molecular complexity index is 467. The molecular weight excluding hydrogens is 288 g/mol. The fraction of sp³-hybridized carbons (Fsp3) is 0.571. The standard InChI is InChI=1S/C14H18F3O2P/c15-14(16,17)11-20(18,13-9-5-2-6-10-13)19-12-7-3-1-4-8-12/h2,5-6,9-10,12H,1,3-4,7-8,11H2. The quantitative estimate of drug-likeness (QED) is 0.766. The van der Waals surface area contributed by atoms with E-state index in [1.165, 1.54) is 12.1 Å². The number of rotatable bonds is 4. The second kappa shape index (κ2) is 6.31. The van der Waals surface area contributed by atoms with E-state index in [0.717, 1.165) is 19.3 Å². The monoisotopic (exact) mass is 306 g/mol. The summed E-state index contributed by atoms with van der Waals surface area (Å²) >= 11 is 0. The van der Waals surface area contributed by atoms with Crippen LogP contribution in [0.15, 0.2) is 30.3 Å². The average molecular weight is 306 g/mol.